The first kappa shape index (κ1) is 19.5. The van der Waals surface area contributed by atoms with Gasteiger partial charge in [0.05, 0.1) is 30.0 Å². The average molecular weight is 403 g/mol. The summed E-state index contributed by atoms with van der Waals surface area (Å²) in [5.41, 5.74) is 1.96. The van der Waals surface area contributed by atoms with Crippen LogP contribution in [0.15, 0.2) is 65.9 Å². The minimum absolute atomic E-state index is 0.0196. The number of nitriles is 1. The number of hydrogen-bond donors (Lipinski definition) is 1. The molecule has 0 spiro atoms. The molecule has 2 aromatic carbocycles. The van der Waals surface area contributed by atoms with Gasteiger partial charge >= 0.3 is 12.0 Å². The third-order valence-corrected chi connectivity index (χ3v) is 5.20. The summed E-state index contributed by atoms with van der Waals surface area (Å²) in [6.07, 6.45) is 1.71. The molecule has 1 fully saturated rings. The van der Waals surface area contributed by atoms with Crippen molar-refractivity contribution in [3.05, 3.63) is 77.0 Å². The summed E-state index contributed by atoms with van der Waals surface area (Å²) in [6, 6.07) is 17.3. The number of urea groups is 1. The normalized spacial score (nSPS) is 18.5. The molecule has 152 valence electrons. The molecular formula is C23H21N3O4. The molecule has 1 heterocycles. The van der Waals surface area contributed by atoms with Crippen molar-refractivity contribution >= 4 is 12.0 Å². The fraction of sp³-hybridized carbons (Fsp3) is 0.261. The third-order valence-electron chi connectivity index (χ3n) is 5.20. The van der Waals surface area contributed by atoms with E-state index in [0.717, 1.165) is 18.4 Å². The highest BCUT2D eigenvalue weighted by Gasteiger charge is 2.44. The van der Waals surface area contributed by atoms with Crippen LogP contribution in [0.4, 0.5) is 4.79 Å². The first-order chi connectivity index (χ1) is 14.6. The van der Waals surface area contributed by atoms with E-state index in [-0.39, 0.29) is 18.7 Å². The Hall–Kier alpha value is -3.79. The van der Waals surface area contributed by atoms with Gasteiger partial charge in [-0.15, -0.1) is 0 Å². The maximum Gasteiger partial charge on any atom is 0.338 e. The zero-order valence-electron chi connectivity index (χ0n) is 16.5. The quantitative estimate of drug-likeness (QED) is 0.748. The second kappa shape index (κ2) is 8.29. The zero-order valence-corrected chi connectivity index (χ0v) is 16.5. The number of benzene rings is 2. The van der Waals surface area contributed by atoms with Crippen LogP contribution in [0.2, 0.25) is 0 Å². The fourth-order valence-electron chi connectivity index (χ4n) is 3.62. The maximum absolute atomic E-state index is 13.0. The lowest BCUT2D eigenvalue weighted by Gasteiger charge is -2.36. The number of ether oxygens (including phenoxy) is 2. The molecule has 2 amide bonds. The van der Waals surface area contributed by atoms with E-state index >= 15 is 0 Å². The molecule has 30 heavy (non-hydrogen) atoms. The molecule has 1 aliphatic carbocycles. The van der Waals surface area contributed by atoms with E-state index in [1.54, 1.807) is 29.2 Å². The van der Waals surface area contributed by atoms with Crippen LogP contribution >= 0.6 is 0 Å². The Balaban J connectivity index is 1.78. The standard InChI is InChI=1S/C23H21N3O4/c1-29-22(27)20-18(14-30-19-10-6-5-9-16(19)13-24)26(17-11-12-17)23(28)25-21(20)15-7-3-2-4-8-15/h2-10,17,21H,11-12,14H2,1H3,(H,25,28). The number of hydrogen-bond acceptors (Lipinski definition) is 5. The van der Waals surface area contributed by atoms with E-state index in [2.05, 4.69) is 11.4 Å². The van der Waals surface area contributed by atoms with E-state index in [0.29, 0.717) is 22.6 Å². The molecule has 1 aliphatic heterocycles. The van der Waals surface area contributed by atoms with Crippen LogP contribution in [0.3, 0.4) is 0 Å². The van der Waals surface area contributed by atoms with Gasteiger partial charge in [0.15, 0.2) is 0 Å². The molecule has 0 aromatic heterocycles. The lowest BCUT2D eigenvalue weighted by Crippen LogP contribution is -2.50. The molecular weight excluding hydrogens is 382 g/mol. The Morgan fingerprint density at radius 2 is 1.87 bits per heavy atom. The molecule has 1 saturated carbocycles. The van der Waals surface area contributed by atoms with Gasteiger partial charge in [0.1, 0.15) is 18.4 Å². The van der Waals surface area contributed by atoms with Crippen LogP contribution in [-0.2, 0) is 9.53 Å². The van der Waals surface area contributed by atoms with E-state index in [1.165, 1.54) is 7.11 Å². The van der Waals surface area contributed by atoms with Gasteiger partial charge in [0, 0.05) is 6.04 Å². The van der Waals surface area contributed by atoms with Crippen molar-refractivity contribution < 1.29 is 19.1 Å². The van der Waals surface area contributed by atoms with Gasteiger partial charge in [0.25, 0.3) is 0 Å². The number of esters is 1. The van der Waals surface area contributed by atoms with E-state index < -0.39 is 12.0 Å². The Morgan fingerprint density at radius 1 is 1.17 bits per heavy atom. The van der Waals surface area contributed by atoms with Crippen LogP contribution in [0.1, 0.15) is 30.0 Å². The van der Waals surface area contributed by atoms with E-state index in [4.69, 9.17) is 9.47 Å². The minimum atomic E-state index is -0.647. The minimum Gasteiger partial charge on any atom is -0.486 e. The van der Waals surface area contributed by atoms with Crippen LogP contribution in [0.25, 0.3) is 0 Å². The number of methoxy groups -OCH3 is 1. The van der Waals surface area contributed by atoms with Gasteiger partial charge in [-0.3, -0.25) is 4.90 Å². The summed E-state index contributed by atoms with van der Waals surface area (Å²) in [7, 11) is 1.32. The molecule has 0 radical (unpaired) electrons. The van der Waals surface area contributed by atoms with Crippen molar-refractivity contribution in [2.24, 2.45) is 0 Å². The molecule has 2 aliphatic rings. The summed E-state index contributed by atoms with van der Waals surface area (Å²) in [5, 5.41) is 12.3. The van der Waals surface area contributed by atoms with Crippen molar-refractivity contribution in [3.63, 3.8) is 0 Å². The predicted molar refractivity (Wildman–Crippen MR) is 108 cm³/mol. The Kier molecular flexibility index (Phi) is 5.40. The summed E-state index contributed by atoms with van der Waals surface area (Å²) < 4.78 is 11.0. The van der Waals surface area contributed by atoms with Crippen LogP contribution < -0.4 is 10.1 Å². The third kappa shape index (κ3) is 3.72. The summed E-state index contributed by atoms with van der Waals surface area (Å²) >= 11 is 0. The Labute approximate surface area is 174 Å². The molecule has 4 rings (SSSR count). The highest BCUT2D eigenvalue weighted by molar-refractivity contribution is 5.95. The first-order valence-corrected chi connectivity index (χ1v) is 9.72. The number of para-hydroxylation sites is 1. The SMILES string of the molecule is COC(=O)C1=C(COc2ccccc2C#N)N(C2CC2)C(=O)NC1c1ccccc1. The highest BCUT2D eigenvalue weighted by atomic mass is 16.5. The van der Waals surface area contributed by atoms with Crippen LogP contribution in [0, 0.1) is 11.3 Å². The fourth-order valence-corrected chi connectivity index (χ4v) is 3.62. The Bertz CT molecular complexity index is 1040. The lowest BCUT2D eigenvalue weighted by molar-refractivity contribution is -0.136. The smallest absolute Gasteiger partial charge is 0.338 e. The van der Waals surface area contributed by atoms with E-state index in [9.17, 15) is 14.9 Å². The number of rotatable bonds is 6. The Morgan fingerprint density at radius 3 is 2.53 bits per heavy atom. The summed E-state index contributed by atoms with van der Waals surface area (Å²) in [4.78, 5) is 27.4. The number of nitrogens with zero attached hydrogens (tertiary/aromatic N) is 2. The lowest BCUT2D eigenvalue weighted by atomic mass is 9.94. The van der Waals surface area contributed by atoms with Gasteiger partial charge in [-0.1, -0.05) is 42.5 Å². The number of carbonyl (C=O) groups excluding carboxylic acids is 2. The van der Waals surface area contributed by atoms with Gasteiger partial charge in [-0.2, -0.15) is 5.26 Å². The van der Waals surface area contributed by atoms with Crippen molar-refractivity contribution in [1.82, 2.24) is 10.2 Å². The number of nitrogens with one attached hydrogen (secondary N) is 1. The highest BCUT2D eigenvalue weighted by Crippen LogP contribution is 2.38. The largest absolute Gasteiger partial charge is 0.486 e. The molecule has 7 heteroatoms. The van der Waals surface area contributed by atoms with Gasteiger partial charge in [0.2, 0.25) is 0 Å². The molecule has 7 nitrogen and oxygen atoms in total. The van der Waals surface area contributed by atoms with Crippen molar-refractivity contribution in [2.45, 2.75) is 24.9 Å². The number of carbonyl (C=O) groups is 2. The molecule has 0 bridgehead atoms. The first-order valence-electron chi connectivity index (χ1n) is 9.72. The topological polar surface area (TPSA) is 91.7 Å². The molecule has 1 atom stereocenters. The monoisotopic (exact) mass is 403 g/mol. The second-order valence-electron chi connectivity index (χ2n) is 7.14. The summed E-state index contributed by atoms with van der Waals surface area (Å²) in [5.74, 6) is -0.128. The van der Waals surface area contributed by atoms with Gasteiger partial charge in [-0.05, 0) is 30.5 Å². The van der Waals surface area contributed by atoms with Crippen LogP contribution in [-0.4, -0.2) is 36.7 Å². The van der Waals surface area contributed by atoms with Crippen molar-refractivity contribution in [3.8, 4) is 11.8 Å². The van der Waals surface area contributed by atoms with E-state index in [1.807, 2.05) is 30.3 Å². The predicted octanol–water partition coefficient (Wildman–Crippen LogP) is 3.29. The molecule has 0 saturated heterocycles. The van der Waals surface area contributed by atoms with Crippen LogP contribution in [0.5, 0.6) is 5.75 Å². The van der Waals surface area contributed by atoms with Crippen molar-refractivity contribution in [2.75, 3.05) is 13.7 Å². The second-order valence-corrected chi connectivity index (χ2v) is 7.14. The molecule has 2 aromatic rings. The molecule has 1 unspecified atom stereocenters. The maximum atomic E-state index is 13.0. The summed E-state index contributed by atoms with van der Waals surface area (Å²) in [6.45, 7) is -0.0314. The number of amides is 2. The van der Waals surface area contributed by atoms with Crippen molar-refractivity contribution in [1.29, 1.82) is 5.26 Å². The zero-order chi connectivity index (χ0) is 21.1. The van der Waals surface area contributed by atoms with Gasteiger partial charge in [-0.25, -0.2) is 9.59 Å². The average Bonchev–Trinajstić information content (AvgIpc) is 3.62. The molecule has 1 N–H and O–H groups in total. The van der Waals surface area contributed by atoms with Gasteiger partial charge < -0.3 is 14.8 Å².